The van der Waals surface area contributed by atoms with Crippen LogP contribution in [-0.4, -0.2) is 0 Å². The lowest BCUT2D eigenvalue weighted by Crippen LogP contribution is -2.00. The Morgan fingerprint density at radius 2 is 1.89 bits per heavy atom. The lowest BCUT2D eigenvalue weighted by Gasteiger charge is -2.17. The number of nitrogens with one attached hydrogen (secondary N) is 1. The van der Waals surface area contributed by atoms with Gasteiger partial charge in [-0.3, -0.25) is 0 Å². The Morgan fingerprint density at radius 3 is 2.53 bits per heavy atom. The molecule has 0 aromatic heterocycles. The normalized spacial score (nSPS) is 10.8. The van der Waals surface area contributed by atoms with Gasteiger partial charge in [0.1, 0.15) is 5.82 Å². The second-order valence-corrected chi connectivity index (χ2v) is 5.80. The smallest absolute Gasteiger partial charge is 0.137 e. The molecule has 1 nitrogen and oxygen atoms in total. The molecule has 0 aliphatic rings. The fourth-order valence-electron chi connectivity index (χ4n) is 2.06. The number of rotatable bonds is 3. The Balaban J connectivity index is 2.40. The van der Waals surface area contributed by atoms with Crippen LogP contribution in [-0.2, 0) is 0 Å². The van der Waals surface area contributed by atoms with Crippen LogP contribution in [0.5, 0.6) is 0 Å². The van der Waals surface area contributed by atoms with E-state index in [1.54, 1.807) is 12.1 Å². The van der Waals surface area contributed by atoms with Crippen LogP contribution in [0.1, 0.15) is 30.9 Å². The highest BCUT2D eigenvalue weighted by Crippen LogP contribution is 2.31. The molecule has 0 bridgehead atoms. The molecule has 19 heavy (non-hydrogen) atoms. The SMILES string of the molecule is Cc1cccc(C(C)C)c1Nc1ccc(F)c(Br)c1. The monoisotopic (exact) mass is 321 g/mol. The molecule has 3 heteroatoms. The van der Waals surface area contributed by atoms with E-state index in [9.17, 15) is 4.39 Å². The third-order valence-electron chi connectivity index (χ3n) is 3.12. The van der Waals surface area contributed by atoms with Crippen molar-refractivity contribution in [3.63, 3.8) is 0 Å². The van der Waals surface area contributed by atoms with Crippen molar-refractivity contribution in [3.8, 4) is 0 Å². The van der Waals surface area contributed by atoms with Crippen LogP contribution in [0, 0.1) is 12.7 Å². The minimum atomic E-state index is -0.251. The molecule has 0 spiro atoms. The van der Waals surface area contributed by atoms with Gasteiger partial charge in [0.2, 0.25) is 0 Å². The fraction of sp³-hybridized carbons (Fsp3) is 0.250. The molecule has 0 unspecified atom stereocenters. The molecule has 2 aromatic carbocycles. The summed E-state index contributed by atoms with van der Waals surface area (Å²) in [5.41, 5.74) is 4.44. The number of anilines is 2. The molecule has 0 aliphatic carbocycles. The molecule has 0 aliphatic heterocycles. The number of halogens is 2. The van der Waals surface area contributed by atoms with E-state index in [2.05, 4.69) is 60.2 Å². The molecule has 0 fully saturated rings. The topological polar surface area (TPSA) is 12.0 Å². The zero-order valence-electron chi connectivity index (χ0n) is 11.3. The van der Waals surface area contributed by atoms with E-state index in [1.807, 2.05) is 0 Å². The quantitative estimate of drug-likeness (QED) is 0.757. The number of benzene rings is 2. The van der Waals surface area contributed by atoms with Crippen LogP contribution in [0.4, 0.5) is 15.8 Å². The highest BCUT2D eigenvalue weighted by Gasteiger charge is 2.10. The van der Waals surface area contributed by atoms with E-state index < -0.39 is 0 Å². The van der Waals surface area contributed by atoms with Crippen molar-refractivity contribution in [2.75, 3.05) is 5.32 Å². The van der Waals surface area contributed by atoms with Crippen molar-refractivity contribution in [3.05, 3.63) is 57.8 Å². The lowest BCUT2D eigenvalue weighted by molar-refractivity contribution is 0.621. The third-order valence-corrected chi connectivity index (χ3v) is 3.72. The Hall–Kier alpha value is -1.35. The van der Waals surface area contributed by atoms with Gasteiger partial charge in [-0.25, -0.2) is 4.39 Å². The first-order valence-electron chi connectivity index (χ1n) is 6.30. The minimum absolute atomic E-state index is 0.251. The van der Waals surface area contributed by atoms with Crippen molar-refractivity contribution in [2.24, 2.45) is 0 Å². The Morgan fingerprint density at radius 1 is 1.16 bits per heavy atom. The van der Waals surface area contributed by atoms with Gasteiger partial charge in [0, 0.05) is 11.4 Å². The zero-order chi connectivity index (χ0) is 14.0. The summed E-state index contributed by atoms with van der Waals surface area (Å²) in [5.74, 6) is 0.186. The van der Waals surface area contributed by atoms with E-state index in [0.717, 1.165) is 11.4 Å². The van der Waals surface area contributed by atoms with Crippen LogP contribution in [0.2, 0.25) is 0 Å². The molecule has 0 radical (unpaired) electrons. The maximum atomic E-state index is 13.2. The summed E-state index contributed by atoms with van der Waals surface area (Å²) in [4.78, 5) is 0. The average Bonchev–Trinajstić information content (AvgIpc) is 2.36. The third kappa shape index (κ3) is 3.16. The number of hydrogen-bond donors (Lipinski definition) is 1. The maximum Gasteiger partial charge on any atom is 0.137 e. The summed E-state index contributed by atoms with van der Waals surface area (Å²) >= 11 is 3.21. The molecule has 2 aromatic rings. The molecule has 2 rings (SSSR count). The molecule has 1 N–H and O–H groups in total. The average molecular weight is 322 g/mol. The first-order valence-corrected chi connectivity index (χ1v) is 7.10. The van der Waals surface area contributed by atoms with Crippen molar-refractivity contribution in [2.45, 2.75) is 26.7 Å². The van der Waals surface area contributed by atoms with Crippen molar-refractivity contribution >= 4 is 27.3 Å². The van der Waals surface area contributed by atoms with Gasteiger partial charge in [-0.2, -0.15) is 0 Å². The zero-order valence-corrected chi connectivity index (χ0v) is 12.9. The predicted octanol–water partition coefficient (Wildman–Crippen LogP) is 5.76. The summed E-state index contributed by atoms with van der Waals surface area (Å²) in [6, 6.07) is 11.2. The summed E-state index contributed by atoms with van der Waals surface area (Å²) in [6.45, 7) is 6.41. The van der Waals surface area contributed by atoms with Gasteiger partial charge in [-0.1, -0.05) is 32.0 Å². The number of aryl methyl sites for hydroxylation is 1. The second kappa shape index (κ2) is 5.74. The van der Waals surface area contributed by atoms with Gasteiger partial charge in [0.25, 0.3) is 0 Å². The van der Waals surface area contributed by atoms with Crippen molar-refractivity contribution < 1.29 is 4.39 Å². The van der Waals surface area contributed by atoms with Crippen LogP contribution < -0.4 is 5.32 Å². The molecule has 0 saturated heterocycles. The molecule has 0 atom stereocenters. The van der Waals surface area contributed by atoms with Crippen LogP contribution in [0.3, 0.4) is 0 Å². The molecule has 0 heterocycles. The van der Waals surface area contributed by atoms with E-state index in [1.165, 1.54) is 17.2 Å². The van der Waals surface area contributed by atoms with Gasteiger partial charge in [0.15, 0.2) is 0 Å². The standard InChI is InChI=1S/C16H17BrFN/c1-10(2)13-6-4-5-11(3)16(13)19-12-7-8-15(18)14(17)9-12/h4-10,19H,1-3H3. The molecular weight excluding hydrogens is 305 g/mol. The molecular formula is C16H17BrFN. The highest BCUT2D eigenvalue weighted by molar-refractivity contribution is 9.10. The Labute approximate surface area is 122 Å². The number of para-hydroxylation sites is 1. The summed E-state index contributed by atoms with van der Waals surface area (Å²) < 4.78 is 13.7. The van der Waals surface area contributed by atoms with E-state index >= 15 is 0 Å². The lowest BCUT2D eigenvalue weighted by atomic mass is 9.98. The summed E-state index contributed by atoms with van der Waals surface area (Å²) in [6.07, 6.45) is 0. The van der Waals surface area contributed by atoms with Crippen molar-refractivity contribution in [1.82, 2.24) is 0 Å². The van der Waals surface area contributed by atoms with Gasteiger partial charge < -0.3 is 5.32 Å². The summed E-state index contributed by atoms with van der Waals surface area (Å²) in [7, 11) is 0. The first kappa shape index (κ1) is 14.1. The summed E-state index contributed by atoms with van der Waals surface area (Å²) in [5, 5.41) is 3.39. The van der Waals surface area contributed by atoms with E-state index in [-0.39, 0.29) is 5.82 Å². The maximum absolute atomic E-state index is 13.2. The van der Waals surface area contributed by atoms with Gasteiger partial charge in [0.05, 0.1) is 4.47 Å². The second-order valence-electron chi connectivity index (χ2n) is 4.95. The number of hydrogen-bond acceptors (Lipinski definition) is 1. The van der Waals surface area contributed by atoms with Crippen LogP contribution >= 0.6 is 15.9 Å². The fourth-order valence-corrected chi connectivity index (χ4v) is 2.44. The predicted molar refractivity (Wildman–Crippen MR) is 82.7 cm³/mol. The van der Waals surface area contributed by atoms with Crippen LogP contribution in [0.25, 0.3) is 0 Å². The Kier molecular flexibility index (Phi) is 4.25. The van der Waals surface area contributed by atoms with Crippen molar-refractivity contribution in [1.29, 1.82) is 0 Å². The Bertz CT molecular complexity index is 593. The van der Waals surface area contributed by atoms with Gasteiger partial charge >= 0.3 is 0 Å². The van der Waals surface area contributed by atoms with Gasteiger partial charge in [-0.05, 0) is 58.1 Å². The first-order chi connectivity index (χ1) is 8.99. The molecule has 100 valence electrons. The molecule has 0 amide bonds. The molecule has 0 saturated carbocycles. The largest absolute Gasteiger partial charge is 0.355 e. The van der Waals surface area contributed by atoms with E-state index in [4.69, 9.17) is 0 Å². The minimum Gasteiger partial charge on any atom is -0.355 e. The van der Waals surface area contributed by atoms with Gasteiger partial charge in [-0.15, -0.1) is 0 Å². The van der Waals surface area contributed by atoms with E-state index in [0.29, 0.717) is 10.4 Å². The highest BCUT2D eigenvalue weighted by atomic mass is 79.9. The van der Waals surface area contributed by atoms with Crippen LogP contribution in [0.15, 0.2) is 40.9 Å².